The summed E-state index contributed by atoms with van der Waals surface area (Å²) in [6.07, 6.45) is 3.03. The number of likely N-dealkylation sites (tertiary alicyclic amines) is 1. The molecule has 2 heterocycles. The molecule has 118 valence electrons. The number of hydrogen-bond acceptors (Lipinski definition) is 3. The lowest BCUT2D eigenvalue weighted by molar-refractivity contribution is -0.134. The van der Waals surface area contributed by atoms with E-state index in [-0.39, 0.29) is 17.4 Å². The first-order valence-electron chi connectivity index (χ1n) is 7.26. The third-order valence-corrected chi connectivity index (χ3v) is 5.80. The first-order valence-corrected chi connectivity index (χ1v) is 8.84. The number of thiophene rings is 1. The minimum absolute atomic E-state index is 0.00188. The van der Waals surface area contributed by atoms with Crippen LogP contribution < -0.4 is 5.73 Å². The number of aryl methyl sites for hydroxylation is 1. The molecule has 2 rings (SSSR count). The van der Waals surface area contributed by atoms with Gasteiger partial charge in [-0.2, -0.15) is 0 Å². The van der Waals surface area contributed by atoms with Crippen LogP contribution >= 0.6 is 34.5 Å². The molecule has 1 aromatic rings. The van der Waals surface area contributed by atoms with Gasteiger partial charge in [-0.1, -0.05) is 37.0 Å². The Hall–Kier alpha value is -0.290. The zero-order valence-electron chi connectivity index (χ0n) is 12.5. The zero-order chi connectivity index (χ0) is 15.6. The summed E-state index contributed by atoms with van der Waals surface area (Å²) < 4.78 is 1.44. The standard InChI is InChI=1S/C15H22Cl2N2OS/c1-15(2)9-19(7-6-11(15)18)13(20)5-3-4-10-8-12(16)21-14(10)17/h8,11H,3-7,9,18H2,1-2H3. The maximum atomic E-state index is 12.3. The van der Waals surface area contributed by atoms with E-state index in [2.05, 4.69) is 13.8 Å². The Labute approximate surface area is 140 Å². The van der Waals surface area contributed by atoms with Gasteiger partial charge in [-0.3, -0.25) is 4.79 Å². The van der Waals surface area contributed by atoms with Crippen LogP contribution in [0.4, 0.5) is 0 Å². The molecule has 1 atom stereocenters. The van der Waals surface area contributed by atoms with Crippen LogP contribution in [0.2, 0.25) is 8.67 Å². The van der Waals surface area contributed by atoms with Crippen LogP contribution in [-0.2, 0) is 11.2 Å². The van der Waals surface area contributed by atoms with E-state index < -0.39 is 0 Å². The van der Waals surface area contributed by atoms with Crippen LogP contribution in [0.15, 0.2) is 6.07 Å². The van der Waals surface area contributed by atoms with Crippen molar-refractivity contribution in [2.75, 3.05) is 13.1 Å². The van der Waals surface area contributed by atoms with E-state index in [9.17, 15) is 4.79 Å². The van der Waals surface area contributed by atoms with Crippen molar-refractivity contribution >= 4 is 40.4 Å². The van der Waals surface area contributed by atoms with Crippen molar-refractivity contribution in [1.29, 1.82) is 0 Å². The Bertz CT molecular complexity index is 516. The Morgan fingerprint density at radius 3 is 2.81 bits per heavy atom. The lowest BCUT2D eigenvalue weighted by Gasteiger charge is -2.42. The van der Waals surface area contributed by atoms with Crippen molar-refractivity contribution in [3.05, 3.63) is 20.3 Å². The molecule has 0 aliphatic carbocycles. The molecule has 2 N–H and O–H groups in total. The predicted octanol–water partition coefficient (Wildman–Crippen LogP) is 3.96. The normalized spacial score (nSPS) is 21.6. The number of rotatable bonds is 4. The summed E-state index contributed by atoms with van der Waals surface area (Å²) in [7, 11) is 0. The Balaban J connectivity index is 1.81. The molecule has 3 nitrogen and oxygen atoms in total. The first-order chi connectivity index (χ1) is 9.79. The second kappa shape index (κ2) is 6.86. The number of amides is 1. The van der Waals surface area contributed by atoms with Gasteiger partial charge >= 0.3 is 0 Å². The van der Waals surface area contributed by atoms with Crippen molar-refractivity contribution in [3.8, 4) is 0 Å². The SMILES string of the molecule is CC1(C)CN(C(=O)CCCc2cc(Cl)sc2Cl)CCC1N. The second-order valence-corrected chi connectivity index (χ2v) is 8.69. The molecule has 21 heavy (non-hydrogen) atoms. The van der Waals surface area contributed by atoms with Gasteiger partial charge in [0.2, 0.25) is 5.91 Å². The molecule has 6 heteroatoms. The average molecular weight is 349 g/mol. The minimum atomic E-state index is -0.00188. The summed E-state index contributed by atoms with van der Waals surface area (Å²) >= 11 is 13.4. The molecular formula is C15H22Cl2N2OS. The van der Waals surface area contributed by atoms with Crippen LogP contribution in [0, 0.1) is 5.41 Å². The number of hydrogen-bond donors (Lipinski definition) is 1. The Morgan fingerprint density at radius 2 is 2.24 bits per heavy atom. The molecule has 0 saturated carbocycles. The van der Waals surface area contributed by atoms with E-state index in [1.165, 1.54) is 11.3 Å². The van der Waals surface area contributed by atoms with Gasteiger partial charge in [0.15, 0.2) is 0 Å². The summed E-state index contributed by atoms with van der Waals surface area (Å²) in [5.41, 5.74) is 7.15. The van der Waals surface area contributed by atoms with Crippen molar-refractivity contribution in [2.45, 2.75) is 45.6 Å². The Morgan fingerprint density at radius 1 is 1.52 bits per heavy atom. The molecule has 1 unspecified atom stereocenters. The molecule has 0 aromatic carbocycles. The van der Waals surface area contributed by atoms with Crippen LogP contribution in [-0.4, -0.2) is 29.9 Å². The molecular weight excluding hydrogens is 327 g/mol. The largest absolute Gasteiger partial charge is 0.342 e. The van der Waals surface area contributed by atoms with Gasteiger partial charge in [0.05, 0.1) is 8.67 Å². The highest BCUT2D eigenvalue weighted by Gasteiger charge is 2.34. The number of carbonyl (C=O) groups excluding carboxylic acids is 1. The third kappa shape index (κ3) is 4.35. The van der Waals surface area contributed by atoms with Gasteiger partial charge in [-0.15, -0.1) is 11.3 Å². The maximum Gasteiger partial charge on any atom is 0.222 e. The van der Waals surface area contributed by atoms with Gasteiger partial charge in [-0.05, 0) is 36.3 Å². The highest BCUT2D eigenvalue weighted by Crippen LogP contribution is 2.32. The van der Waals surface area contributed by atoms with Gasteiger partial charge in [-0.25, -0.2) is 0 Å². The first kappa shape index (κ1) is 17.1. The molecule has 1 aliphatic heterocycles. The van der Waals surface area contributed by atoms with E-state index in [0.29, 0.717) is 10.8 Å². The highest BCUT2D eigenvalue weighted by atomic mass is 35.5. The van der Waals surface area contributed by atoms with E-state index in [1.54, 1.807) is 0 Å². The van der Waals surface area contributed by atoms with Crippen molar-refractivity contribution < 1.29 is 4.79 Å². The van der Waals surface area contributed by atoms with Crippen LogP contribution in [0.25, 0.3) is 0 Å². The summed E-state index contributed by atoms with van der Waals surface area (Å²) in [4.78, 5) is 14.3. The zero-order valence-corrected chi connectivity index (χ0v) is 14.8. The molecule has 0 spiro atoms. The van der Waals surface area contributed by atoms with E-state index in [0.717, 1.165) is 42.3 Å². The minimum Gasteiger partial charge on any atom is -0.342 e. The van der Waals surface area contributed by atoms with Crippen LogP contribution in [0.1, 0.15) is 38.7 Å². The van der Waals surface area contributed by atoms with Gasteiger partial charge in [0, 0.05) is 25.6 Å². The van der Waals surface area contributed by atoms with Crippen molar-refractivity contribution in [3.63, 3.8) is 0 Å². The highest BCUT2D eigenvalue weighted by molar-refractivity contribution is 7.20. The smallest absolute Gasteiger partial charge is 0.222 e. The van der Waals surface area contributed by atoms with Crippen LogP contribution in [0.3, 0.4) is 0 Å². The van der Waals surface area contributed by atoms with E-state index in [1.807, 2.05) is 11.0 Å². The maximum absolute atomic E-state index is 12.3. The fraction of sp³-hybridized carbons (Fsp3) is 0.667. The van der Waals surface area contributed by atoms with Gasteiger partial charge in [0.25, 0.3) is 0 Å². The quantitative estimate of drug-likeness (QED) is 0.894. The molecule has 1 aromatic heterocycles. The summed E-state index contributed by atoms with van der Waals surface area (Å²) in [5.74, 6) is 0.215. The van der Waals surface area contributed by atoms with E-state index >= 15 is 0 Å². The van der Waals surface area contributed by atoms with Crippen LogP contribution in [0.5, 0.6) is 0 Å². The molecule has 1 saturated heterocycles. The summed E-state index contributed by atoms with van der Waals surface area (Å²) in [6.45, 7) is 5.78. The number of halogens is 2. The average Bonchev–Trinajstić information content (AvgIpc) is 2.71. The van der Waals surface area contributed by atoms with Crippen molar-refractivity contribution in [1.82, 2.24) is 4.90 Å². The lowest BCUT2D eigenvalue weighted by Crippen LogP contribution is -2.53. The lowest BCUT2D eigenvalue weighted by atomic mass is 9.79. The summed E-state index contributed by atoms with van der Waals surface area (Å²) in [5, 5.41) is 0. The number of nitrogens with two attached hydrogens (primary N) is 1. The van der Waals surface area contributed by atoms with Gasteiger partial charge < -0.3 is 10.6 Å². The molecule has 1 aliphatic rings. The number of nitrogens with zero attached hydrogens (tertiary/aromatic N) is 1. The van der Waals surface area contributed by atoms with Crippen molar-refractivity contribution in [2.24, 2.45) is 11.1 Å². The summed E-state index contributed by atoms with van der Waals surface area (Å²) in [6, 6.07) is 2.07. The molecule has 0 bridgehead atoms. The second-order valence-electron chi connectivity index (χ2n) is 6.40. The van der Waals surface area contributed by atoms with E-state index in [4.69, 9.17) is 28.9 Å². The topological polar surface area (TPSA) is 46.3 Å². The van der Waals surface area contributed by atoms with Gasteiger partial charge in [0.1, 0.15) is 0 Å². The molecule has 1 fully saturated rings. The Kier molecular flexibility index (Phi) is 5.58. The number of piperidine rings is 1. The fourth-order valence-electron chi connectivity index (χ4n) is 2.72. The fourth-order valence-corrected chi connectivity index (χ4v) is 4.26. The number of carbonyl (C=O) groups is 1. The predicted molar refractivity (Wildman–Crippen MR) is 90.2 cm³/mol. The monoisotopic (exact) mass is 348 g/mol. The molecule has 0 radical (unpaired) electrons. The third-order valence-electron chi connectivity index (χ3n) is 4.23. The molecule has 1 amide bonds.